The van der Waals surface area contributed by atoms with Crippen LogP contribution in [0.2, 0.25) is 0 Å². The monoisotopic (exact) mass is 250 g/mol. The van der Waals surface area contributed by atoms with Crippen LogP contribution in [0.4, 0.5) is 5.69 Å². The number of nitrogens with zero attached hydrogens (tertiary/aromatic N) is 1. The molecule has 4 heteroatoms. The summed E-state index contributed by atoms with van der Waals surface area (Å²) in [5.41, 5.74) is 7.64. The maximum Gasteiger partial charge on any atom is 0.320 e. The minimum absolute atomic E-state index is 0.371. The van der Waals surface area contributed by atoms with Gasteiger partial charge in [-0.3, -0.25) is 4.79 Å². The largest absolute Gasteiger partial charge is 0.480 e. The molecule has 0 unspecified atom stereocenters. The summed E-state index contributed by atoms with van der Waals surface area (Å²) < 4.78 is 0. The number of hydrogen-bond donors (Lipinski definition) is 2. The highest BCUT2D eigenvalue weighted by Crippen LogP contribution is 2.16. The first-order chi connectivity index (χ1) is 8.58. The van der Waals surface area contributed by atoms with E-state index in [1.54, 1.807) is 0 Å². The van der Waals surface area contributed by atoms with Gasteiger partial charge in [0.15, 0.2) is 0 Å². The molecule has 1 aromatic rings. The highest BCUT2D eigenvalue weighted by molar-refractivity contribution is 5.73. The zero-order chi connectivity index (χ0) is 13.5. The smallest absolute Gasteiger partial charge is 0.320 e. The number of carbonyl (C=O) groups is 1. The maximum atomic E-state index is 10.7. The molecule has 0 radical (unpaired) electrons. The van der Waals surface area contributed by atoms with E-state index in [-0.39, 0.29) is 0 Å². The van der Waals surface area contributed by atoms with Crippen molar-refractivity contribution in [2.24, 2.45) is 5.73 Å². The highest BCUT2D eigenvalue weighted by atomic mass is 16.4. The average molecular weight is 250 g/mol. The molecule has 1 aromatic carbocycles. The van der Waals surface area contributed by atoms with Gasteiger partial charge in [0.2, 0.25) is 0 Å². The van der Waals surface area contributed by atoms with Gasteiger partial charge < -0.3 is 15.7 Å². The number of nitrogens with two attached hydrogens (primary N) is 1. The average Bonchev–Trinajstić information content (AvgIpc) is 2.37. The minimum Gasteiger partial charge on any atom is -0.480 e. The number of anilines is 1. The number of benzene rings is 1. The summed E-state index contributed by atoms with van der Waals surface area (Å²) in [6.45, 7) is 6.29. The fraction of sp³-hybridized carbons (Fsp3) is 0.500. The summed E-state index contributed by atoms with van der Waals surface area (Å²) in [6, 6.07) is 7.15. The molecule has 1 atom stereocenters. The van der Waals surface area contributed by atoms with Crippen LogP contribution in [0, 0.1) is 0 Å². The van der Waals surface area contributed by atoms with Crippen molar-refractivity contribution in [1.82, 2.24) is 0 Å². The predicted molar refractivity (Wildman–Crippen MR) is 73.9 cm³/mol. The van der Waals surface area contributed by atoms with Gasteiger partial charge in [0.25, 0.3) is 0 Å². The van der Waals surface area contributed by atoms with Gasteiger partial charge in [-0.1, -0.05) is 19.1 Å². The van der Waals surface area contributed by atoms with E-state index in [0.717, 1.165) is 25.1 Å². The van der Waals surface area contributed by atoms with Crippen LogP contribution < -0.4 is 10.6 Å². The Kier molecular flexibility index (Phi) is 5.65. The first kappa shape index (κ1) is 14.5. The Labute approximate surface area is 108 Å². The van der Waals surface area contributed by atoms with E-state index >= 15 is 0 Å². The van der Waals surface area contributed by atoms with Crippen LogP contribution in [0.5, 0.6) is 0 Å². The van der Waals surface area contributed by atoms with Crippen molar-refractivity contribution < 1.29 is 9.90 Å². The number of hydrogen-bond acceptors (Lipinski definition) is 3. The molecule has 0 amide bonds. The van der Waals surface area contributed by atoms with Crippen LogP contribution in [0.15, 0.2) is 24.3 Å². The zero-order valence-corrected chi connectivity index (χ0v) is 11.1. The molecule has 4 nitrogen and oxygen atoms in total. The van der Waals surface area contributed by atoms with Crippen LogP contribution in [0.3, 0.4) is 0 Å². The van der Waals surface area contributed by atoms with Gasteiger partial charge in [-0.2, -0.15) is 0 Å². The second kappa shape index (κ2) is 7.01. The molecule has 100 valence electrons. The fourth-order valence-corrected chi connectivity index (χ4v) is 1.92. The van der Waals surface area contributed by atoms with E-state index in [2.05, 4.69) is 18.7 Å². The molecule has 0 aromatic heterocycles. The minimum atomic E-state index is -0.958. The molecule has 3 N–H and O–H groups in total. The lowest BCUT2D eigenvalue weighted by Crippen LogP contribution is -2.32. The second-order valence-corrected chi connectivity index (χ2v) is 4.39. The maximum absolute atomic E-state index is 10.7. The summed E-state index contributed by atoms with van der Waals surface area (Å²) in [4.78, 5) is 13.0. The van der Waals surface area contributed by atoms with E-state index in [1.807, 2.05) is 24.3 Å². The first-order valence-corrected chi connectivity index (χ1v) is 6.40. The predicted octanol–water partition coefficient (Wildman–Crippen LogP) is 1.88. The van der Waals surface area contributed by atoms with Crippen LogP contribution in [0.1, 0.15) is 25.8 Å². The van der Waals surface area contributed by atoms with Crippen molar-refractivity contribution >= 4 is 11.7 Å². The molecule has 0 aliphatic carbocycles. The van der Waals surface area contributed by atoms with Crippen molar-refractivity contribution in [1.29, 1.82) is 0 Å². The summed E-state index contributed by atoms with van der Waals surface area (Å²) in [6.07, 6.45) is 1.48. The van der Waals surface area contributed by atoms with E-state index < -0.39 is 12.0 Å². The van der Waals surface area contributed by atoms with Gasteiger partial charge in [-0.25, -0.2) is 0 Å². The number of carboxylic acids is 1. The SMILES string of the molecule is CCCN(CC)c1ccc(C[C@@H](N)C(=O)O)cc1. The van der Waals surface area contributed by atoms with Crippen molar-refractivity contribution in [2.75, 3.05) is 18.0 Å². The molecule has 0 saturated heterocycles. The fourth-order valence-electron chi connectivity index (χ4n) is 1.92. The van der Waals surface area contributed by atoms with Gasteiger partial charge >= 0.3 is 5.97 Å². The Morgan fingerprint density at radius 1 is 1.33 bits per heavy atom. The third-order valence-electron chi connectivity index (χ3n) is 2.95. The lowest BCUT2D eigenvalue weighted by molar-refractivity contribution is -0.138. The Hall–Kier alpha value is -1.55. The summed E-state index contributed by atoms with van der Waals surface area (Å²) in [7, 11) is 0. The Morgan fingerprint density at radius 2 is 1.94 bits per heavy atom. The van der Waals surface area contributed by atoms with Crippen molar-refractivity contribution in [3.05, 3.63) is 29.8 Å². The van der Waals surface area contributed by atoms with E-state index in [4.69, 9.17) is 10.8 Å². The van der Waals surface area contributed by atoms with E-state index in [9.17, 15) is 4.79 Å². The molecule has 0 spiro atoms. The number of aliphatic carboxylic acids is 1. The molecule has 18 heavy (non-hydrogen) atoms. The summed E-state index contributed by atoms with van der Waals surface area (Å²) in [5.74, 6) is -0.958. The third-order valence-corrected chi connectivity index (χ3v) is 2.95. The molecule has 0 saturated carbocycles. The third kappa shape index (κ3) is 4.04. The van der Waals surface area contributed by atoms with E-state index in [1.165, 1.54) is 5.69 Å². The summed E-state index contributed by atoms with van der Waals surface area (Å²) >= 11 is 0. The molecule has 0 aliphatic rings. The molecule has 0 fully saturated rings. The highest BCUT2D eigenvalue weighted by Gasteiger charge is 2.12. The van der Waals surface area contributed by atoms with Crippen LogP contribution >= 0.6 is 0 Å². The summed E-state index contributed by atoms with van der Waals surface area (Å²) in [5, 5.41) is 8.76. The topological polar surface area (TPSA) is 66.6 Å². The molecular formula is C14H22N2O2. The van der Waals surface area contributed by atoms with Gasteiger partial charge in [0, 0.05) is 18.8 Å². The standard InChI is InChI=1S/C14H22N2O2/c1-3-9-16(4-2)12-7-5-11(6-8-12)10-13(15)14(17)18/h5-8,13H,3-4,9-10,15H2,1-2H3,(H,17,18)/t13-/m1/s1. The van der Waals surface area contributed by atoms with Crippen molar-refractivity contribution in [3.63, 3.8) is 0 Å². The molecule has 0 heterocycles. The van der Waals surface area contributed by atoms with Crippen molar-refractivity contribution in [2.45, 2.75) is 32.7 Å². The van der Waals surface area contributed by atoms with Crippen molar-refractivity contribution in [3.8, 4) is 0 Å². The molecular weight excluding hydrogens is 228 g/mol. The normalized spacial score (nSPS) is 12.2. The Balaban J connectivity index is 2.70. The quantitative estimate of drug-likeness (QED) is 0.775. The second-order valence-electron chi connectivity index (χ2n) is 4.39. The Bertz CT molecular complexity index is 376. The van der Waals surface area contributed by atoms with Gasteiger partial charge in [0.05, 0.1) is 0 Å². The number of rotatable bonds is 7. The molecule has 0 bridgehead atoms. The Morgan fingerprint density at radius 3 is 2.39 bits per heavy atom. The molecule has 0 aliphatic heterocycles. The first-order valence-electron chi connectivity index (χ1n) is 6.40. The zero-order valence-electron chi connectivity index (χ0n) is 11.1. The lowest BCUT2D eigenvalue weighted by atomic mass is 10.1. The van der Waals surface area contributed by atoms with E-state index in [0.29, 0.717) is 6.42 Å². The van der Waals surface area contributed by atoms with Gasteiger partial charge in [-0.05, 0) is 37.5 Å². The van der Waals surface area contributed by atoms with Crippen LogP contribution in [0.25, 0.3) is 0 Å². The van der Waals surface area contributed by atoms with Gasteiger partial charge in [0.1, 0.15) is 6.04 Å². The molecule has 1 rings (SSSR count). The number of carboxylic acid groups (broad SMARTS) is 1. The lowest BCUT2D eigenvalue weighted by Gasteiger charge is -2.22. The van der Waals surface area contributed by atoms with Crippen LogP contribution in [-0.2, 0) is 11.2 Å². The van der Waals surface area contributed by atoms with Crippen LogP contribution in [-0.4, -0.2) is 30.2 Å². The van der Waals surface area contributed by atoms with Gasteiger partial charge in [-0.15, -0.1) is 0 Å².